The van der Waals surface area contributed by atoms with Crippen molar-refractivity contribution in [1.29, 1.82) is 0 Å². The van der Waals surface area contributed by atoms with Crippen molar-refractivity contribution < 1.29 is 18.7 Å². The quantitative estimate of drug-likeness (QED) is 0.789. The van der Waals surface area contributed by atoms with E-state index in [0.29, 0.717) is 12.3 Å². The summed E-state index contributed by atoms with van der Waals surface area (Å²) in [6.45, 7) is 0.437. The molecular weight excluding hydrogens is 272 g/mol. The Labute approximate surface area is 121 Å². The van der Waals surface area contributed by atoms with Crippen molar-refractivity contribution in [3.8, 4) is 0 Å². The fourth-order valence-electron chi connectivity index (χ4n) is 1.81. The van der Waals surface area contributed by atoms with Crippen molar-refractivity contribution in [2.75, 3.05) is 12.4 Å². The van der Waals surface area contributed by atoms with Crippen LogP contribution >= 0.6 is 0 Å². The maximum atomic E-state index is 11.3. The van der Waals surface area contributed by atoms with Gasteiger partial charge in [0.1, 0.15) is 5.76 Å². The van der Waals surface area contributed by atoms with Crippen molar-refractivity contribution in [2.24, 2.45) is 5.73 Å². The molecule has 1 amide bonds. The van der Waals surface area contributed by atoms with Gasteiger partial charge in [-0.1, -0.05) is 12.1 Å². The molecule has 0 aliphatic rings. The van der Waals surface area contributed by atoms with Crippen molar-refractivity contribution in [2.45, 2.75) is 13.0 Å². The number of carbonyl (C=O) groups excluding carboxylic acids is 2. The largest absolute Gasteiger partial charge is 0.463 e. The summed E-state index contributed by atoms with van der Waals surface area (Å²) in [5.41, 5.74) is 6.87. The first kappa shape index (κ1) is 14.6. The van der Waals surface area contributed by atoms with E-state index in [9.17, 15) is 9.59 Å². The molecule has 0 bridgehead atoms. The monoisotopic (exact) mass is 288 g/mol. The summed E-state index contributed by atoms with van der Waals surface area (Å²) < 4.78 is 9.90. The van der Waals surface area contributed by atoms with Gasteiger partial charge in [0.05, 0.1) is 20.1 Å². The lowest BCUT2D eigenvalue weighted by molar-refractivity contribution is -0.117. The minimum absolute atomic E-state index is 0.172. The Bertz CT molecular complexity index is 631. The lowest BCUT2D eigenvalue weighted by Crippen LogP contribution is -2.13. The number of amides is 1. The van der Waals surface area contributed by atoms with Crippen LogP contribution in [0.25, 0.3) is 0 Å². The molecule has 110 valence electrons. The van der Waals surface area contributed by atoms with Gasteiger partial charge < -0.3 is 20.2 Å². The third kappa shape index (κ3) is 4.10. The van der Waals surface area contributed by atoms with Crippen LogP contribution < -0.4 is 11.1 Å². The van der Waals surface area contributed by atoms with Crippen molar-refractivity contribution >= 4 is 17.6 Å². The Morgan fingerprint density at radius 2 is 1.90 bits per heavy atom. The highest BCUT2D eigenvalue weighted by Gasteiger charge is 2.10. The first-order chi connectivity index (χ1) is 10.1. The molecule has 21 heavy (non-hydrogen) atoms. The molecule has 1 aromatic carbocycles. The Morgan fingerprint density at radius 3 is 2.52 bits per heavy atom. The topological polar surface area (TPSA) is 94.6 Å². The number of nitrogens with two attached hydrogens (primary N) is 1. The highest BCUT2D eigenvalue weighted by atomic mass is 16.5. The van der Waals surface area contributed by atoms with Crippen LogP contribution in [0.4, 0.5) is 5.69 Å². The zero-order valence-corrected chi connectivity index (χ0v) is 11.6. The molecule has 6 heteroatoms. The molecule has 2 aromatic rings. The smallest absolute Gasteiger partial charge is 0.373 e. The number of hydrogen-bond acceptors (Lipinski definition) is 5. The van der Waals surface area contributed by atoms with Crippen LogP contribution in [0.5, 0.6) is 0 Å². The van der Waals surface area contributed by atoms with Gasteiger partial charge in [0, 0.05) is 5.69 Å². The van der Waals surface area contributed by atoms with Gasteiger partial charge in [0.25, 0.3) is 0 Å². The van der Waals surface area contributed by atoms with E-state index >= 15 is 0 Å². The Morgan fingerprint density at radius 1 is 1.19 bits per heavy atom. The second-order valence-corrected chi connectivity index (χ2v) is 4.45. The fraction of sp³-hybridized carbons (Fsp3) is 0.200. The fourth-order valence-corrected chi connectivity index (χ4v) is 1.81. The average molecular weight is 288 g/mol. The zero-order chi connectivity index (χ0) is 15.2. The van der Waals surface area contributed by atoms with Crippen LogP contribution in [-0.2, 0) is 22.5 Å². The van der Waals surface area contributed by atoms with Crippen LogP contribution in [0, 0.1) is 0 Å². The first-order valence-electron chi connectivity index (χ1n) is 6.36. The summed E-state index contributed by atoms with van der Waals surface area (Å²) >= 11 is 0. The summed E-state index contributed by atoms with van der Waals surface area (Å²) in [7, 11) is 1.30. The van der Waals surface area contributed by atoms with E-state index in [1.54, 1.807) is 12.1 Å². The molecule has 0 spiro atoms. The molecule has 2 rings (SSSR count). The average Bonchev–Trinajstić information content (AvgIpc) is 2.94. The number of esters is 1. The number of methoxy groups -OCH3 is 1. The Balaban J connectivity index is 1.92. The standard InChI is InChI=1S/C15H16N2O4/c1-20-15(19)13-7-6-12(21-13)9-17-11-4-2-10(3-5-11)8-14(16)18/h2-7,17H,8-9H2,1H3,(H2,16,18). The van der Waals surface area contributed by atoms with Crippen LogP contribution in [0.1, 0.15) is 21.9 Å². The number of carbonyl (C=O) groups is 2. The molecule has 0 saturated heterocycles. The zero-order valence-electron chi connectivity index (χ0n) is 11.6. The molecule has 6 nitrogen and oxygen atoms in total. The molecule has 0 radical (unpaired) electrons. The van der Waals surface area contributed by atoms with E-state index < -0.39 is 5.97 Å². The van der Waals surface area contributed by atoms with E-state index in [-0.39, 0.29) is 18.1 Å². The number of nitrogens with one attached hydrogen (secondary N) is 1. The molecule has 1 heterocycles. The van der Waals surface area contributed by atoms with Crippen LogP contribution in [-0.4, -0.2) is 19.0 Å². The molecule has 0 aliphatic heterocycles. The van der Waals surface area contributed by atoms with Gasteiger partial charge in [-0.25, -0.2) is 4.79 Å². The normalized spacial score (nSPS) is 10.1. The van der Waals surface area contributed by atoms with Gasteiger partial charge in [-0.15, -0.1) is 0 Å². The molecule has 0 aliphatic carbocycles. The van der Waals surface area contributed by atoms with E-state index in [0.717, 1.165) is 11.3 Å². The van der Waals surface area contributed by atoms with Gasteiger partial charge >= 0.3 is 5.97 Å². The van der Waals surface area contributed by atoms with Crippen LogP contribution in [0.3, 0.4) is 0 Å². The number of rotatable bonds is 6. The number of hydrogen-bond donors (Lipinski definition) is 2. The molecule has 1 aromatic heterocycles. The summed E-state index contributed by atoms with van der Waals surface area (Å²) in [6.07, 6.45) is 0.223. The van der Waals surface area contributed by atoms with Crippen molar-refractivity contribution in [3.05, 3.63) is 53.5 Å². The second kappa shape index (κ2) is 6.60. The first-order valence-corrected chi connectivity index (χ1v) is 6.36. The maximum Gasteiger partial charge on any atom is 0.373 e. The van der Waals surface area contributed by atoms with Crippen molar-refractivity contribution in [3.63, 3.8) is 0 Å². The Hall–Kier alpha value is -2.76. The molecule has 3 N–H and O–H groups in total. The highest BCUT2D eigenvalue weighted by molar-refractivity contribution is 5.86. The lowest BCUT2D eigenvalue weighted by atomic mass is 10.1. The third-order valence-corrected chi connectivity index (χ3v) is 2.85. The van der Waals surface area contributed by atoms with E-state index in [4.69, 9.17) is 10.2 Å². The number of primary amides is 1. The van der Waals surface area contributed by atoms with Gasteiger partial charge in [-0.05, 0) is 29.8 Å². The predicted octanol–water partition coefficient (Wildman–Crippen LogP) is 1.71. The van der Waals surface area contributed by atoms with Gasteiger partial charge in [-0.2, -0.15) is 0 Å². The third-order valence-electron chi connectivity index (χ3n) is 2.85. The minimum Gasteiger partial charge on any atom is -0.463 e. The summed E-state index contributed by atoms with van der Waals surface area (Å²) in [5.74, 6) is -0.0681. The highest BCUT2D eigenvalue weighted by Crippen LogP contribution is 2.14. The van der Waals surface area contributed by atoms with Gasteiger partial charge in [0.2, 0.25) is 11.7 Å². The molecule has 0 saturated carbocycles. The number of furan rings is 1. The predicted molar refractivity (Wildman–Crippen MR) is 76.7 cm³/mol. The number of anilines is 1. The molecule has 0 atom stereocenters. The SMILES string of the molecule is COC(=O)c1ccc(CNc2ccc(CC(N)=O)cc2)o1. The molecular formula is C15H16N2O4. The van der Waals surface area contributed by atoms with E-state index in [2.05, 4.69) is 10.1 Å². The van der Waals surface area contributed by atoms with Crippen LogP contribution in [0.2, 0.25) is 0 Å². The summed E-state index contributed by atoms with van der Waals surface area (Å²) in [4.78, 5) is 22.1. The second-order valence-electron chi connectivity index (χ2n) is 4.45. The summed E-state index contributed by atoms with van der Waals surface area (Å²) in [6, 6.07) is 10.6. The lowest BCUT2D eigenvalue weighted by Gasteiger charge is -2.05. The maximum absolute atomic E-state index is 11.3. The van der Waals surface area contributed by atoms with Crippen LogP contribution in [0.15, 0.2) is 40.8 Å². The Kier molecular flexibility index (Phi) is 4.61. The summed E-state index contributed by atoms with van der Waals surface area (Å²) in [5, 5.41) is 3.15. The van der Waals surface area contributed by atoms with E-state index in [1.165, 1.54) is 7.11 Å². The van der Waals surface area contributed by atoms with Crippen molar-refractivity contribution in [1.82, 2.24) is 0 Å². The molecule has 0 unspecified atom stereocenters. The number of benzene rings is 1. The van der Waals surface area contributed by atoms with Gasteiger partial charge in [0.15, 0.2) is 0 Å². The number of ether oxygens (including phenoxy) is 1. The van der Waals surface area contributed by atoms with E-state index in [1.807, 2.05) is 24.3 Å². The minimum atomic E-state index is -0.503. The van der Waals surface area contributed by atoms with Gasteiger partial charge in [-0.3, -0.25) is 4.79 Å². The molecule has 0 fully saturated rings.